The standard InChI is InChI=1S/C28H29N7O3S/c1-28(25(36)37,39(2)38)33-26-30-24(22-13-11-21(12-14-22)20-8-4-3-5-9-20)31-27(32-26)35-18-16-34(17-19-35)23-10-6-7-15-29-23/h3-15H,16-19H2,1-2H3,(H,36,37)(H,30,31,32,33)/t28?,39-/m1/s1. The zero-order valence-corrected chi connectivity index (χ0v) is 22.5. The number of nitrogens with one attached hydrogen (secondary N) is 1. The molecule has 0 aliphatic carbocycles. The van der Waals surface area contributed by atoms with Crippen LogP contribution in [-0.2, 0) is 15.6 Å². The lowest BCUT2D eigenvalue weighted by Gasteiger charge is -2.35. The Morgan fingerprint density at radius 3 is 2.08 bits per heavy atom. The number of hydrogen-bond acceptors (Lipinski definition) is 9. The van der Waals surface area contributed by atoms with Crippen LogP contribution >= 0.6 is 0 Å². The molecule has 1 unspecified atom stereocenters. The van der Waals surface area contributed by atoms with Crippen LogP contribution in [0.3, 0.4) is 0 Å². The minimum atomic E-state index is -1.77. The van der Waals surface area contributed by atoms with E-state index in [1.165, 1.54) is 13.2 Å². The van der Waals surface area contributed by atoms with Gasteiger partial charge in [0, 0.05) is 44.2 Å². The monoisotopic (exact) mass is 543 g/mol. The Morgan fingerprint density at radius 1 is 0.846 bits per heavy atom. The minimum Gasteiger partial charge on any atom is -0.479 e. The number of hydrogen-bond donors (Lipinski definition) is 2. The van der Waals surface area contributed by atoms with Gasteiger partial charge in [-0.1, -0.05) is 60.7 Å². The van der Waals surface area contributed by atoms with Gasteiger partial charge < -0.3 is 20.2 Å². The van der Waals surface area contributed by atoms with Crippen molar-refractivity contribution < 1.29 is 14.1 Å². The number of aliphatic carboxylic acids is 1. The van der Waals surface area contributed by atoms with Gasteiger partial charge in [-0.05, 0) is 30.2 Å². The van der Waals surface area contributed by atoms with E-state index in [2.05, 4.69) is 25.2 Å². The molecule has 1 aliphatic rings. The average Bonchev–Trinajstić information content (AvgIpc) is 2.98. The van der Waals surface area contributed by atoms with Crippen molar-refractivity contribution in [1.82, 2.24) is 19.9 Å². The molecule has 2 aromatic heterocycles. The SMILES string of the molecule is C[S@@](=O)C(C)(Nc1nc(-c2ccc(-c3ccccc3)cc2)nc(N2CCN(c3ccccn3)CC2)n1)C(=O)O. The number of anilines is 3. The van der Waals surface area contributed by atoms with Crippen molar-refractivity contribution in [2.45, 2.75) is 11.8 Å². The summed E-state index contributed by atoms with van der Waals surface area (Å²) in [7, 11) is -1.75. The first-order valence-electron chi connectivity index (χ1n) is 12.5. The maximum atomic E-state index is 12.4. The van der Waals surface area contributed by atoms with E-state index < -0.39 is 21.6 Å². The van der Waals surface area contributed by atoms with E-state index >= 15 is 0 Å². The fourth-order valence-corrected chi connectivity index (χ4v) is 4.75. The highest BCUT2D eigenvalue weighted by Crippen LogP contribution is 2.26. The number of carboxylic acids is 1. The molecule has 11 heteroatoms. The van der Waals surface area contributed by atoms with Gasteiger partial charge in [0.2, 0.25) is 16.8 Å². The molecule has 1 saturated heterocycles. The summed E-state index contributed by atoms with van der Waals surface area (Å²) < 4.78 is 12.4. The molecule has 0 saturated carbocycles. The van der Waals surface area contributed by atoms with Gasteiger partial charge in [-0.25, -0.2) is 9.78 Å². The van der Waals surface area contributed by atoms with Gasteiger partial charge in [0.15, 0.2) is 5.82 Å². The number of aromatic nitrogens is 4. The third-order valence-corrected chi connectivity index (χ3v) is 8.17. The van der Waals surface area contributed by atoms with E-state index in [1.54, 1.807) is 6.20 Å². The van der Waals surface area contributed by atoms with Gasteiger partial charge in [0.25, 0.3) is 0 Å². The van der Waals surface area contributed by atoms with Crippen LogP contribution in [-0.4, -0.2) is 72.5 Å². The van der Waals surface area contributed by atoms with Gasteiger partial charge in [0.1, 0.15) is 5.82 Å². The van der Waals surface area contributed by atoms with E-state index in [9.17, 15) is 14.1 Å². The fourth-order valence-electron chi connectivity index (χ4n) is 4.27. The van der Waals surface area contributed by atoms with Crippen LogP contribution in [0, 0.1) is 0 Å². The summed E-state index contributed by atoms with van der Waals surface area (Å²) in [4.78, 5) is 32.7. The largest absolute Gasteiger partial charge is 0.479 e. The maximum Gasteiger partial charge on any atom is 0.342 e. The van der Waals surface area contributed by atoms with Crippen molar-refractivity contribution in [3.05, 3.63) is 79.0 Å². The summed E-state index contributed by atoms with van der Waals surface area (Å²) in [5.41, 5.74) is 2.90. The Labute approximate surface area is 229 Å². The van der Waals surface area contributed by atoms with Gasteiger partial charge in [0.05, 0.1) is 10.8 Å². The third-order valence-electron chi connectivity index (χ3n) is 6.74. The molecule has 10 nitrogen and oxygen atoms in total. The Bertz CT molecular complexity index is 1450. The van der Waals surface area contributed by atoms with Gasteiger partial charge in [-0.15, -0.1) is 0 Å². The smallest absolute Gasteiger partial charge is 0.342 e. The summed E-state index contributed by atoms with van der Waals surface area (Å²) in [5, 5.41) is 12.6. The molecule has 1 aliphatic heterocycles. The van der Waals surface area contributed by atoms with Crippen molar-refractivity contribution in [3.8, 4) is 22.5 Å². The average molecular weight is 544 g/mol. The summed E-state index contributed by atoms with van der Waals surface area (Å²) in [5.74, 6) is 0.517. The first-order valence-corrected chi connectivity index (χ1v) is 14.1. The van der Waals surface area contributed by atoms with Gasteiger partial charge >= 0.3 is 5.97 Å². The first kappa shape index (κ1) is 26.2. The maximum absolute atomic E-state index is 12.4. The number of rotatable bonds is 8. The lowest BCUT2D eigenvalue weighted by atomic mass is 10.0. The van der Waals surface area contributed by atoms with Crippen molar-refractivity contribution in [2.75, 3.05) is 47.6 Å². The highest BCUT2D eigenvalue weighted by Gasteiger charge is 2.39. The number of carbonyl (C=O) groups is 1. The molecule has 0 amide bonds. The van der Waals surface area contributed by atoms with Crippen molar-refractivity contribution in [1.29, 1.82) is 0 Å². The molecule has 4 aromatic rings. The molecule has 2 aromatic carbocycles. The molecule has 2 N–H and O–H groups in total. The van der Waals surface area contributed by atoms with Crippen molar-refractivity contribution in [2.24, 2.45) is 0 Å². The van der Waals surface area contributed by atoms with Crippen LogP contribution in [0.1, 0.15) is 6.92 Å². The van der Waals surface area contributed by atoms with Crippen LogP contribution in [0.25, 0.3) is 22.5 Å². The molecule has 0 radical (unpaired) electrons. The quantitative estimate of drug-likeness (QED) is 0.341. The first-order chi connectivity index (χ1) is 18.8. The zero-order chi connectivity index (χ0) is 27.4. The molecule has 39 heavy (non-hydrogen) atoms. The van der Waals surface area contributed by atoms with Crippen LogP contribution in [0.2, 0.25) is 0 Å². The van der Waals surface area contributed by atoms with E-state index in [0.717, 1.165) is 35.6 Å². The minimum absolute atomic E-state index is 0.0504. The van der Waals surface area contributed by atoms with Crippen LogP contribution in [0.15, 0.2) is 79.0 Å². The molecule has 1 fully saturated rings. The topological polar surface area (TPSA) is 124 Å². The van der Waals surface area contributed by atoms with E-state index in [-0.39, 0.29) is 5.95 Å². The predicted octanol–water partition coefficient (Wildman–Crippen LogP) is 3.52. The lowest BCUT2D eigenvalue weighted by Crippen LogP contribution is -2.48. The molecule has 5 rings (SSSR count). The third kappa shape index (κ3) is 5.73. The highest BCUT2D eigenvalue weighted by molar-refractivity contribution is 7.86. The van der Waals surface area contributed by atoms with E-state index in [4.69, 9.17) is 4.98 Å². The summed E-state index contributed by atoms with van der Waals surface area (Å²) in [6.07, 6.45) is 3.11. The molecule has 3 heterocycles. The van der Waals surface area contributed by atoms with Crippen molar-refractivity contribution in [3.63, 3.8) is 0 Å². The molecule has 0 bridgehead atoms. The molecule has 2 atom stereocenters. The van der Waals surface area contributed by atoms with E-state index in [0.29, 0.717) is 24.9 Å². The number of piperazine rings is 1. The second-order valence-corrected chi connectivity index (χ2v) is 11.0. The number of nitrogens with zero attached hydrogens (tertiary/aromatic N) is 6. The Kier molecular flexibility index (Phi) is 7.51. The Hall–Kier alpha value is -4.38. The van der Waals surface area contributed by atoms with Crippen LogP contribution < -0.4 is 15.1 Å². The normalized spacial score (nSPS) is 15.8. The fraction of sp³-hybridized carbons (Fsp3) is 0.250. The predicted molar refractivity (Wildman–Crippen MR) is 153 cm³/mol. The van der Waals surface area contributed by atoms with E-state index in [1.807, 2.05) is 77.7 Å². The second-order valence-electron chi connectivity index (χ2n) is 9.31. The zero-order valence-electron chi connectivity index (χ0n) is 21.7. The highest BCUT2D eigenvalue weighted by atomic mass is 32.2. The molecule has 200 valence electrons. The molecule has 0 spiro atoms. The molecular formula is C28H29N7O3S. The summed E-state index contributed by atoms with van der Waals surface area (Å²) in [6.45, 7) is 4.08. The Balaban J connectivity index is 1.47. The van der Waals surface area contributed by atoms with Crippen molar-refractivity contribution >= 4 is 34.5 Å². The second kappa shape index (κ2) is 11.2. The van der Waals surface area contributed by atoms with Crippen LogP contribution in [0.4, 0.5) is 17.7 Å². The summed E-state index contributed by atoms with van der Waals surface area (Å²) >= 11 is 0. The number of pyridine rings is 1. The molecular weight excluding hydrogens is 514 g/mol. The number of benzene rings is 2. The summed E-state index contributed by atoms with van der Waals surface area (Å²) in [6, 6.07) is 23.7. The van der Waals surface area contributed by atoms with Crippen LogP contribution in [0.5, 0.6) is 0 Å². The van der Waals surface area contributed by atoms with Gasteiger partial charge in [-0.2, -0.15) is 15.0 Å². The Morgan fingerprint density at radius 2 is 1.46 bits per heavy atom. The number of carboxylic acid groups (broad SMARTS) is 1. The lowest BCUT2D eigenvalue weighted by molar-refractivity contribution is -0.138. The van der Waals surface area contributed by atoms with Gasteiger partial charge in [-0.3, -0.25) is 4.21 Å².